The van der Waals surface area contributed by atoms with Gasteiger partial charge in [-0.05, 0) is 31.3 Å². The standard InChI is InChI=1S/C17H33NOS/c1-20-15-11-14-17(19)18-16-12-9-7-5-3-2-4-6-8-10-13-16/h16H,2-15H2,1H3,(H,18,19). The summed E-state index contributed by atoms with van der Waals surface area (Å²) < 4.78 is 0. The molecule has 0 spiro atoms. The fraction of sp³-hybridized carbons (Fsp3) is 0.941. The Kier molecular flexibility index (Phi) is 11.2. The molecule has 118 valence electrons. The molecular weight excluding hydrogens is 266 g/mol. The topological polar surface area (TPSA) is 29.1 Å². The molecule has 1 N–H and O–H groups in total. The first kappa shape index (κ1) is 17.9. The van der Waals surface area contributed by atoms with Crippen LogP contribution in [-0.2, 0) is 4.79 Å². The first-order valence-electron chi connectivity index (χ1n) is 8.61. The molecule has 0 radical (unpaired) electrons. The van der Waals surface area contributed by atoms with E-state index in [1.165, 1.54) is 70.6 Å². The van der Waals surface area contributed by atoms with E-state index in [0.717, 1.165) is 12.2 Å². The first-order chi connectivity index (χ1) is 9.83. The minimum atomic E-state index is 0.274. The van der Waals surface area contributed by atoms with Crippen LogP contribution in [0.3, 0.4) is 0 Å². The van der Waals surface area contributed by atoms with E-state index < -0.39 is 0 Å². The lowest BCUT2D eigenvalue weighted by molar-refractivity contribution is -0.121. The van der Waals surface area contributed by atoms with E-state index in [0.29, 0.717) is 12.5 Å². The van der Waals surface area contributed by atoms with Gasteiger partial charge in [0, 0.05) is 12.5 Å². The Morgan fingerprint density at radius 2 is 1.45 bits per heavy atom. The number of amides is 1. The monoisotopic (exact) mass is 299 g/mol. The van der Waals surface area contributed by atoms with Gasteiger partial charge in [-0.3, -0.25) is 4.79 Å². The van der Waals surface area contributed by atoms with Crippen molar-refractivity contribution in [2.75, 3.05) is 12.0 Å². The Morgan fingerprint density at radius 3 is 1.95 bits per heavy atom. The van der Waals surface area contributed by atoms with Crippen molar-refractivity contribution in [3.63, 3.8) is 0 Å². The lowest BCUT2D eigenvalue weighted by Crippen LogP contribution is -2.34. The largest absolute Gasteiger partial charge is 0.353 e. The van der Waals surface area contributed by atoms with E-state index in [9.17, 15) is 4.79 Å². The minimum absolute atomic E-state index is 0.274. The maximum absolute atomic E-state index is 11.9. The third kappa shape index (κ3) is 9.68. The molecule has 0 bridgehead atoms. The smallest absolute Gasteiger partial charge is 0.220 e. The molecule has 0 aromatic heterocycles. The number of nitrogens with one attached hydrogen (secondary N) is 1. The molecule has 0 saturated heterocycles. The molecular formula is C17H33NOS. The van der Waals surface area contributed by atoms with Gasteiger partial charge < -0.3 is 5.32 Å². The number of thioether (sulfide) groups is 1. The summed E-state index contributed by atoms with van der Waals surface area (Å²) in [6.45, 7) is 0. The van der Waals surface area contributed by atoms with Crippen molar-refractivity contribution < 1.29 is 4.79 Å². The normalized spacial score (nSPS) is 19.9. The highest BCUT2D eigenvalue weighted by molar-refractivity contribution is 7.98. The summed E-state index contributed by atoms with van der Waals surface area (Å²) in [4.78, 5) is 11.9. The predicted octanol–water partition coefficient (Wildman–Crippen LogP) is 4.92. The van der Waals surface area contributed by atoms with Crippen LogP contribution in [0.5, 0.6) is 0 Å². The molecule has 3 heteroatoms. The van der Waals surface area contributed by atoms with Crippen molar-refractivity contribution in [1.29, 1.82) is 0 Å². The van der Waals surface area contributed by atoms with Crippen molar-refractivity contribution in [2.24, 2.45) is 0 Å². The van der Waals surface area contributed by atoms with Crippen LogP contribution in [0.4, 0.5) is 0 Å². The number of hydrogen-bond acceptors (Lipinski definition) is 2. The summed E-state index contributed by atoms with van der Waals surface area (Å²) in [6, 6.07) is 0.441. The highest BCUT2D eigenvalue weighted by atomic mass is 32.2. The minimum Gasteiger partial charge on any atom is -0.353 e. The summed E-state index contributed by atoms with van der Waals surface area (Å²) in [5.74, 6) is 1.37. The van der Waals surface area contributed by atoms with E-state index in [1.54, 1.807) is 0 Å². The summed E-state index contributed by atoms with van der Waals surface area (Å²) in [7, 11) is 0. The van der Waals surface area contributed by atoms with Crippen LogP contribution in [0.25, 0.3) is 0 Å². The second-order valence-electron chi connectivity index (χ2n) is 6.12. The van der Waals surface area contributed by atoms with Crippen molar-refractivity contribution in [3.05, 3.63) is 0 Å². The average molecular weight is 300 g/mol. The zero-order chi connectivity index (χ0) is 14.5. The van der Waals surface area contributed by atoms with Gasteiger partial charge in [-0.1, -0.05) is 57.8 Å². The van der Waals surface area contributed by atoms with Crippen molar-refractivity contribution in [2.45, 2.75) is 89.5 Å². The molecule has 1 aliphatic carbocycles. The van der Waals surface area contributed by atoms with Crippen LogP contribution in [0.1, 0.15) is 83.5 Å². The summed E-state index contributed by atoms with van der Waals surface area (Å²) in [5, 5.41) is 3.28. The average Bonchev–Trinajstić information content (AvgIpc) is 2.42. The van der Waals surface area contributed by atoms with Gasteiger partial charge >= 0.3 is 0 Å². The molecule has 0 aliphatic heterocycles. The summed E-state index contributed by atoms with van der Waals surface area (Å²) >= 11 is 1.83. The third-order valence-corrected chi connectivity index (χ3v) is 4.92. The van der Waals surface area contributed by atoms with Gasteiger partial charge in [-0.15, -0.1) is 0 Å². The maximum Gasteiger partial charge on any atom is 0.220 e. The SMILES string of the molecule is CSCCCC(=O)NC1CCCCCCCCCCC1. The van der Waals surface area contributed by atoms with Crippen LogP contribution in [0.2, 0.25) is 0 Å². The van der Waals surface area contributed by atoms with Gasteiger partial charge in [0.1, 0.15) is 0 Å². The fourth-order valence-corrected chi connectivity index (χ4v) is 3.42. The Labute approximate surface area is 129 Å². The molecule has 20 heavy (non-hydrogen) atoms. The second-order valence-corrected chi connectivity index (χ2v) is 7.11. The molecule has 1 aliphatic rings. The van der Waals surface area contributed by atoms with Gasteiger partial charge in [0.05, 0.1) is 0 Å². The molecule has 0 aromatic rings. The Morgan fingerprint density at radius 1 is 0.950 bits per heavy atom. The highest BCUT2D eigenvalue weighted by Crippen LogP contribution is 2.17. The van der Waals surface area contributed by atoms with E-state index in [2.05, 4.69) is 11.6 Å². The van der Waals surface area contributed by atoms with Gasteiger partial charge in [0.2, 0.25) is 5.91 Å². The molecule has 1 amide bonds. The van der Waals surface area contributed by atoms with Crippen molar-refractivity contribution in [3.8, 4) is 0 Å². The van der Waals surface area contributed by atoms with Crippen molar-refractivity contribution in [1.82, 2.24) is 5.32 Å². The predicted molar refractivity (Wildman–Crippen MR) is 90.3 cm³/mol. The van der Waals surface area contributed by atoms with Crippen LogP contribution in [0.15, 0.2) is 0 Å². The van der Waals surface area contributed by atoms with Crippen LogP contribution in [0, 0.1) is 0 Å². The zero-order valence-electron chi connectivity index (χ0n) is 13.3. The summed E-state index contributed by atoms with van der Waals surface area (Å²) in [6.07, 6.45) is 18.5. The first-order valence-corrected chi connectivity index (χ1v) is 10.0. The lowest BCUT2D eigenvalue weighted by Gasteiger charge is -2.19. The van der Waals surface area contributed by atoms with Crippen molar-refractivity contribution >= 4 is 17.7 Å². The third-order valence-electron chi connectivity index (χ3n) is 4.22. The lowest BCUT2D eigenvalue weighted by atomic mass is 9.98. The molecule has 0 atom stereocenters. The van der Waals surface area contributed by atoms with Crippen LogP contribution < -0.4 is 5.32 Å². The van der Waals surface area contributed by atoms with E-state index in [4.69, 9.17) is 0 Å². The fourth-order valence-electron chi connectivity index (χ4n) is 2.98. The van der Waals surface area contributed by atoms with Crippen LogP contribution in [-0.4, -0.2) is 24.0 Å². The number of carbonyl (C=O) groups excluding carboxylic acids is 1. The molecule has 1 fully saturated rings. The number of rotatable bonds is 5. The Hall–Kier alpha value is -0.180. The van der Waals surface area contributed by atoms with E-state index in [1.807, 2.05) is 11.8 Å². The second kappa shape index (κ2) is 12.6. The van der Waals surface area contributed by atoms with Gasteiger partial charge in [0.25, 0.3) is 0 Å². The van der Waals surface area contributed by atoms with E-state index >= 15 is 0 Å². The molecule has 2 nitrogen and oxygen atoms in total. The molecule has 0 heterocycles. The molecule has 1 rings (SSSR count). The van der Waals surface area contributed by atoms with E-state index in [-0.39, 0.29) is 5.91 Å². The number of hydrogen-bond donors (Lipinski definition) is 1. The summed E-state index contributed by atoms with van der Waals surface area (Å²) in [5.41, 5.74) is 0. The number of carbonyl (C=O) groups is 1. The van der Waals surface area contributed by atoms with Crippen LogP contribution >= 0.6 is 11.8 Å². The molecule has 0 aromatic carbocycles. The quantitative estimate of drug-likeness (QED) is 0.730. The van der Waals surface area contributed by atoms with Gasteiger partial charge in [-0.25, -0.2) is 0 Å². The molecule has 0 unspecified atom stereocenters. The zero-order valence-corrected chi connectivity index (χ0v) is 14.1. The van der Waals surface area contributed by atoms with Gasteiger partial charge in [0.15, 0.2) is 0 Å². The maximum atomic E-state index is 11.9. The highest BCUT2D eigenvalue weighted by Gasteiger charge is 2.12. The van der Waals surface area contributed by atoms with Gasteiger partial charge in [-0.2, -0.15) is 11.8 Å². The Balaban J connectivity index is 2.25. The Bertz CT molecular complexity index is 233. The molecule has 1 saturated carbocycles.